The van der Waals surface area contributed by atoms with Gasteiger partial charge >= 0.3 is 17.9 Å². The molecule has 0 bridgehead atoms. The maximum atomic E-state index is 12.8. The molecular weight excluding hydrogens is 853 g/mol. The first-order chi connectivity index (χ1) is 34.0. The second kappa shape index (κ2) is 55.6. The molecule has 0 aliphatic heterocycles. The zero-order valence-electron chi connectivity index (χ0n) is 43.8. The Morgan fingerprint density at radius 3 is 0.942 bits per heavy atom. The third-order valence-electron chi connectivity index (χ3n) is 10.5. The second-order valence-corrected chi connectivity index (χ2v) is 17.0. The van der Waals surface area contributed by atoms with Crippen LogP contribution < -0.4 is 0 Å². The molecule has 0 unspecified atom stereocenters. The predicted molar refractivity (Wildman–Crippen MR) is 297 cm³/mol. The number of allylic oxidation sites excluding steroid dienone is 26. The maximum Gasteiger partial charge on any atom is 0.306 e. The Hall–Kier alpha value is -4.97. The molecule has 0 N–H and O–H groups in total. The summed E-state index contributed by atoms with van der Waals surface area (Å²) in [4.78, 5) is 38.1. The number of unbranched alkanes of at least 4 members (excludes halogenated alkanes) is 9. The summed E-state index contributed by atoms with van der Waals surface area (Å²) in [5.41, 5.74) is 0. The zero-order chi connectivity index (χ0) is 50.0. The molecule has 1 atom stereocenters. The highest BCUT2D eigenvalue weighted by atomic mass is 16.6. The number of esters is 3. The van der Waals surface area contributed by atoms with Crippen molar-refractivity contribution < 1.29 is 28.6 Å². The lowest BCUT2D eigenvalue weighted by atomic mass is 10.1. The van der Waals surface area contributed by atoms with Crippen LogP contribution in [0.3, 0.4) is 0 Å². The minimum Gasteiger partial charge on any atom is -0.462 e. The van der Waals surface area contributed by atoms with Gasteiger partial charge in [-0.15, -0.1) is 0 Å². The largest absolute Gasteiger partial charge is 0.462 e. The fourth-order valence-corrected chi connectivity index (χ4v) is 6.51. The fourth-order valence-electron chi connectivity index (χ4n) is 6.51. The van der Waals surface area contributed by atoms with Crippen LogP contribution in [0, 0.1) is 0 Å². The Balaban J connectivity index is 4.64. The molecule has 0 rings (SSSR count). The van der Waals surface area contributed by atoms with Crippen molar-refractivity contribution in [1.29, 1.82) is 0 Å². The van der Waals surface area contributed by atoms with Crippen LogP contribution >= 0.6 is 0 Å². The lowest BCUT2D eigenvalue weighted by Gasteiger charge is -2.18. The van der Waals surface area contributed by atoms with Crippen molar-refractivity contribution in [2.45, 2.75) is 207 Å². The van der Waals surface area contributed by atoms with Crippen molar-refractivity contribution in [3.8, 4) is 0 Å². The van der Waals surface area contributed by atoms with Gasteiger partial charge in [0.25, 0.3) is 0 Å². The number of hydrogen-bond acceptors (Lipinski definition) is 6. The Morgan fingerprint density at radius 2 is 0.580 bits per heavy atom. The van der Waals surface area contributed by atoms with E-state index in [4.69, 9.17) is 14.2 Å². The van der Waals surface area contributed by atoms with Gasteiger partial charge in [-0.25, -0.2) is 0 Å². The maximum absolute atomic E-state index is 12.8. The van der Waals surface area contributed by atoms with Crippen molar-refractivity contribution in [3.63, 3.8) is 0 Å². The number of carbonyl (C=O) groups excluding carboxylic acids is 3. The van der Waals surface area contributed by atoms with Gasteiger partial charge in [0.2, 0.25) is 0 Å². The average Bonchev–Trinajstić information content (AvgIpc) is 3.35. The first-order valence-electron chi connectivity index (χ1n) is 27.0. The van der Waals surface area contributed by atoms with E-state index in [0.29, 0.717) is 19.3 Å². The number of rotatable bonds is 46. The van der Waals surface area contributed by atoms with Crippen LogP contribution in [0.25, 0.3) is 0 Å². The molecule has 6 heteroatoms. The van der Waals surface area contributed by atoms with Crippen LogP contribution in [0.5, 0.6) is 0 Å². The summed E-state index contributed by atoms with van der Waals surface area (Å²) in [6.07, 6.45) is 80.9. The van der Waals surface area contributed by atoms with E-state index in [1.54, 1.807) is 0 Å². The summed E-state index contributed by atoms with van der Waals surface area (Å²) in [6, 6.07) is 0. The molecule has 0 fully saturated rings. The van der Waals surface area contributed by atoms with Crippen molar-refractivity contribution in [1.82, 2.24) is 0 Å². The van der Waals surface area contributed by atoms with E-state index >= 15 is 0 Å². The Kier molecular flexibility index (Phi) is 51.6. The molecule has 0 aromatic heterocycles. The third-order valence-corrected chi connectivity index (χ3v) is 10.5. The molecule has 0 aliphatic rings. The summed E-state index contributed by atoms with van der Waals surface area (Å²) in [7, 11) is 0. The molecule has 0 spiro atoms. The van der Waals surface area contributed by atoms with Gasteiger partial charge in [0, 0.05) is 19.3 Å². The Bertz CT molecular complexity index is 1610. The van der Waals surface area contributed by atoms with Crippen molar-refractivity contribution >= 4 is 17.9 Å². The van der Waals surface area contributed by atoms with Gasteiger partial charge in [-0.05, 0) is 141 Å². The van der Waals surface area contributed by atoms with E-state index < -0.39 is 6.10 Å². The summed E-state index contributed by atoms with van der Waals surface area (Å²) in [6.45, 7) is 6.24. The minimum atomic E-state index is -0.842. The lowest BCUT2D eigenvalue weighted by Crippen LogP contribution is -2.30. The molecule has 0 saturated heterocycles. The number of ether oxygens (including phenoxy) is 3. The van der Waals surface area contributed by atoms with Crippen molar-refractivity contribution in [2.75, 3.05) is 13.2 Å². The second-order valence-electron chi connectivity index (χ2n) is 17.0. The molecule has 0 aliphatic carbocycles. The number of hydrogen-bond donors (Lipinski definition) is 0. The normalized spacial score (nSPS) is 13.4. The number of carbonyl (C=O) groups is 3. The monoisotopic (exact) mass is 949 g/mol. The van der Waals surface area contributed by atoms with Gasteiger partial charge in [-0.3, -0.25) is 14.4 Å². The van der Waals surface area contributed by atoms with E-state index in [2.05, 4.69) is 179 Å². The van der Waals surface area contributed by atoms with Gasteiger partial charge in [-0.2, -0.15) is 0 Å². The SMILES string of the molecule is CC/C=C\C/C=C\C/C=C\C/C=C\C/C=C\CCCCCC(=O)O[C@H](COC(=O)CCC/C=C\C/C=C\C/C=C\C/C=C\C/C=C\CC)COC(=O)CCCC/C=C\C/C=C\C/C=C\CCCCC. The van der Waals surface area contributed by atoms with Crippen LogP contribution in [0.1, 0.15) is 201 Å². The summed E-state index contributed by atoms with van der Waals surface area (Å²) in [5, 5.41) is 0. The fraction of sp³-hybridized carbons (Fsp3) is 0.540. The highest BCUT2D eigenvalue weighted by Gasteiger charge is 2.19. The van der Waals surface area contributed by atoms with Gasteiger partial charge < -0.3 is 14.2 Å². The van der Waals surface area contributed by atoms with E-state index in [9.17, 15) is 14.4 Å². The topological polar surface area (TPSA) is 78.9 Å². The highest BCUT2D eigenvalue weighted by molar-refractivity contribution is 5.71. The molecule has 0 amide bonds. The summed E-state index contributed by atoms with van der Waals surface area (Å²) >= 11 is 0. The van der Waals surface area contributed by atoms with Gasteiger partial charge in [0.05, 0.1) is 0 Å². The molecule has 0 saturated carbocycles. The molecule has 0 aromatic rings. The third kappa shape index (κ3) is 53.8. The molecule has 0 radical (unpaired) electrons. The van der Waals surface area contributed by atoms with E-state index in [1.807, 2.05) is 0 Å². The molecule has 0 aromatic carbocycles. The van der Waals surface area contributed by atoms with Crippen LogP contribution in [0.4, 0.5) is 0 Å². The summed E-state index contributed by atoms with van der Waals surface area (Å²) in [5.74, 6) is -1.08. The summed E-state index contributed by atoms with van der Waals surface area (Å²) < 4.78 is 16.7. The van der Waals surface area contributed by atoms with Crippen LogP contribution in [0.15, 0.2) is 158 Å². The smallest absolute Gasteiger partial charge is 0.306 e. The highest BCUT2D eigenvalue weighted by Crippen LogP contribution is 2.10. The zero-order valence-corrected chi connectivity index (χ0v) is 43.8. The van der Waals surface area contributed by atoms with Crippen LogP contribution in [-0.2, 0) is 28.6 Å². The average molecular weight is 949 g/mol. The predicted octanol–water partition coefficient (Wildman–Crippen LogP) is 18.2. The van der Waals surface area contributed by atoms with Crippen LogP contribution in [-0.4, -0.2) is 37.2 Å². The van der Waals surface area contributed by atoms with Gasteiger partial charge in [0.1, 0.15) is 13.2 Å². The Labute approximate surface area is 422 Å². The molecular formula is C63H96O6. The van der Waals surface area contributed by atoms with E-state index in [0.717, 1.165) is 116 Å². The first kappa shape index (κ1) is 64.0. The molecule has 6 nitrogen and oxygen atoms in total. The lowest BCUT2D eigenvalue weighted by molar-refractivity contribution is -0.167. The standard InChI is InChI=1S/C63H96O6/c1-4-7-10-13-16-19-22-25-28-30-31-33-36-39-42-45-48-51-54-57-63(66)69-60(58-67-61(64)55-52-49-46-43-40-37-34-27-24-21-18-15-12-9-6-3)59-68-62(65)56-53-50-47-44-41-38-35-32-29-26-23-20-17-14-11-8-5-2/h7-8,10-11,16-21,25-29,31,33-35,38-40,42-44,47,60H,4-6,9,12-15,22-24,30,32,36-37,41,45-46,48-59H2,1-3H3/b10-7-,11-8-,19-16-,20-17-,21-18-,28-25-,29-26-,33-31-,34-27-,38-35-,42-39-,43-40-,47-44-/t60-/m0/s1. The van der Waals surface area contributed by atoms with Gasteiger partial charge in [-0.1, -0.05) is 198 Å². The minimum absolute atomic E-state index is 0.137. The van der Waals surface area contributed by atoms with Crippen LogP contribution in [0.2, 0.25) is 0 Å². The van der Waals surface area contributed by atoms with Crippen molar-refractivity contribution in [3.05, 3.63) is 158 Å². The van der Waals surface area contributed by atoms with Gasteiger partial charge in [0.15, 0.2) is 6.10 Å². The first-order valence-corrected chi connectivity index (χ1v) is 27.0. The molecule has 69 heavy (non-hydrogen) atoms. The molecule has 384 valence electrons. The Morgan fingerprint density at radius 1 is 0.304 bits per heavy atom. The quantitative estimate of drug-likeness (QED) is 0.0262. The molecule has 0 heterocycles. The van der Waals surface area contributed by atoms with Crippen molar-refractivity contribution in [2.24, 2.45) is 0 Å². The van der Waals surface area contributed by atoms with E-state index in [-0.39, 0.29) is 50.4 Å². The van der Waals surface area contributed by atoms with E-state index in [1.165, 1.54) is 25.7 Å².